The maximum Gasteiger partial charge on any atom is 0.323 e. The van der Waals surface area contributed by atoms with Gasteiger partial charge in [0.15, 0.2) is 0 Å². The fourth-order valence-electron chi connectivity index (χ4n) is 4.02. The summed E-state index contributed by atoms with van der Waals surface area (Å²) in [5.74, 6) is 0.548. The Balaban J connectivity index is 1.74. The number of aryl methyl sites for hydroxylation is 1. The number of nitrogens with two attached hydrogens (primary N) is 1. The number of primary amides is 1. The molecule has 0 atom stereocenters. The van der Waals surface area contributed by atoms with Crippen molar-refractivity contribution in [2.45, 2.75) is 25.7 Å². The van der Waals surface area contributed by atoms with Gasteiger partial charge in [-0.05, 0) is 81.7 Å². The molecule has 0 spiro atoms. The summed E-state index contributed by atoms with van der Waals surface area (Å²) in [6.07, 6.45) is 4.45. The minimum atomic E-state index is -0.477. The highest BCUT2D eigenvalue weighted by Gasteiger charge is 2.22. The number of likely N-dealkylation sites (tertiary alicyclic amines) is 1. The Hall–Kier alpha value is -2.79. The molecule has 5 heteroatoms. The van der Waals surface area contributed by atoms with Crippen LogP contribution in [0, 0.1) is 6.92 Å². The lowest BCUT2D eigenvalue weighted by molar-refractivity contribution is 0.256. The van der Waals surface area contributed by atoms with Crippen LogP contribution >= 0.6 is 0 Å². The summed E-state index contributed by atoms with van der Waals surface area (Å²) in [6, 6.07) is 13.4. The molecule has 3 aromatic rings. The van der Waals surface area contributed by atoms with Gasteiger partial charge < -0.3 is 15.6 Å². The third-order valence-corrected chi connectivity index (χ3v) is 5.63. The second-order valence-electron chi connectivity index (χ2n) is 7.56. The molecule has 5 nitrogen and oxygen atoms in total. The molecule has 3 N–H and O–H groups in total. The monoisotopic (exact) mass is 362 g/mol. The highest BCUT2D eigenvalue weighted by molar-refractivity contribution is 6.00. The Morgan fingerprint density at radius 3 is 2.44 bits per heavy atom. The van der Waals surface area contributed by atoms with Crippen LogP contribution in [0.5, 0.6) is 0 Å². The Bertz CT molecular complexity index is 952. The van der Waals surface area contributed by atoms with Crippen LogP contribution in [-0.2, 0) is 0 Å². The number of nitrogens with zero attached hydrogens (tertiary/aromatic N) is 2. The van der Waals surface area contributed by atoms with Crippen LogP contribution in [0.4, 0.5) is 16.2 Å². The van der Waals surface area contributed by atoms with Gasteiger partial charge in [0.05, 0.1) is 11.4 Å². The van der Waals surface area contributed by atoms with Crippen LogP contribution in [-0.4, -0.2) is 36.1 Å². The fourth-order valence-corrected chi connectivity index (χ4v) is 4.02. The van der Waals surface area contributed by atoms with Crippen molar-refractivity contribution in [3.8, 4) is 0 Å². The van der Waals surface area contributed by atoms with Crippen LogP contribution in [0.25, 0.3) is 10.9 Å². The van der Waals surface area contributed by atoms with Gasteiger partial charge in [0.25, 0.3) is 0 Å². The molecular formula is C22H26N4O. The van der Waals surface area contributed by atoms with E-state index in [-0.39, 0.29) is 0 Å². The first-order valence-corrected chi connectivity index (χ1v) is 9.49. The molecule has 1 aromatic heterocycles. The van der Waals surface area contributed by atoms with Crippen molar-refractivity contribution in [2.24, 2.45) is 5.73 Å². The van der Waals surface area contributed by atoms with E-state index >= 15 is 0 Å². The average molecular weight is 362 g/mol. The highest BCUT2D eigenvalue weighted by Crippen LogP contribution is 2.36. The largest absolute Gasteiger partial charge is 0.361 e. The number of anilines is 2. The van der Waals surface area contributed by atoms with E-state index in [1.54, 1.807) is 4.90 Å². The predicted molar refractivity (Wildman–Crippen MR) is 111 cm³/mol. The number of amides is 2. The summed E-state index contributed by atoms with van der Waals surface area (Å²) in [7, 11) is 2.18. The van der Waals surface area contributed by atoms with E-state index in [4.69, 9.17) is 5.73 Å². The molecular weight excluding hydrogens is 336 g/mol. The number of hydrogen-bond acceptors (Lipinski definition) is 2. The van der Waals surface area contributed by atoms with Crippen molar-refractivity contribution in [1.82, 2.24) is 9.88 Å². The zero-order valence-electron chi connectivity index (χ0n) is 15.9. The fraction of sp³-hybridized carbons (Fsp3) is 0.318. The lowest BCUT2D eigenvalue weighted by atomic mass is 9.89. The highest BCUT2D eigenvalue weighted by atomic mass is 16.2. The molecule has 1 aliphatic heterocycles. The lowest BCUT2D eigenvalue weighted by Gasteiger charge is -2.29. The van der Waals surface area contributed by atoms with Crippen LogP contribution in [0.1, 0.15) is 29.9 Å². The second-order valence-corrected chi connectivity index (χ2v) is 7.56. The van der Waals surface area contributed by atoms with E-state index in [9.17, 15) is 4.79 Å². The molecule has 0 saturated carbocycles. The number of carbonyl (C=O) groups is 1. The Kier molecular flexibility index (Phi) is 4.62. The van der Waals surface area contributed by atoms with Crippen LogP contribution in [0.2, 0.25) is 0 Å². The minimum absolute atomic E-state index is 0.477. The number of benzene rings is 2. The van der Waals surface area contributed by atoms with Crippen molar-refractivity contribution in [1.29, 1.82) is 0 Å². The number of urea groups is 1. The number of rotatable bonds is 3. The molecule has 2 heterocycles. The SMILES string of the molecule is Cc1ccc(N(C(N)=O)c2ccc3[nH]cc(C4CCN(C)CC4)c3c2)cc1. The summed E-state index contributed by atoms with van der Waals surface area (Å²) in [4.78, 5) is 19.6. The van der Waals surface area contributed by atoms with E-state index in [1.807, 2.05) is 43.3 Å². The summed E-state index contributed by atoms with van der Waals surface area (Å²) < 4.78 is 0. The zero-order chi connectivity index (χ0) is 19.0. The van der Waals surface area contributed by atoms with Gasteiger partial charge in [-0.2, -0.15) is 0 Å². The lowest BCUT2D eigenvalue weighted by Crippen LogP contribution is -2.31. The number of nitrogens with one attached hydrogen (secondary N) is 1. The van der Waals surface area contributed by atoms with E-state index in [0.717, 1.165) is 48.4 Å². The molecule has 2 aromatic carbocycles. The van der Waals surface area contributed by atoms with Gasteiger partial charge in [0.1, 0.15) is 0 Å². The molecule has 2 amide bonds. The van der Waals surface area contributed by atoms with Crippen LogP contribution < -0.4 is 10.6 Å². The predicted octanol–water partition coefficient (Wildman–Crippen LogP) is 4.50. The molecule has 140 valence electrons. The molecule has 4 rings (SSSR count). The maximum atomic E-state index is 12.2. The van der Waals surface area contributed by atoms with Crippen molar-refractivity contribution in [3.63, 3.8) is 0 Å². The van der Waals surface area contributed by atoms with Crippen molar-refractivity contribution in [3.05, 3.63) is 59.8 Å². The molecule has 0 radical (unpaired) electrons. The minimum Gasteiger partial charge on any atom is -0.361 e. The molecule has 27 heavy (non-hydrogen) atoms. The molecule has 1 aliphatic rings. The second kappa shape index (κ2) is 7.08. The quantitative estimate of drug-likeness (QED) is 0.720. The number of aromatic amines is 1. The van der Waals surface area contributed by atoms with Gasteiger partial charge in [-0.3, -0.25) is 4.90 Å². The third kappa shape index (κ3) is 3.43. The summed E-state index contributed by atoms with van der Waals surface area (Å²) in [5.41, 5.74) is 10.9. The number of H-pyrrole nitrogens is 1. The van der Waals surface area contributed by atoms with Gasteiger partial charge in [0, 0.05) is 17.1 Å². The van der Waals surface area contributed by atoms with Gasteiger partial charge in [-0.25, -0.2) is 4.79 Å². The first-order chi connectivity index (χ1) is 13.0. The third-order valence-electron chi connectivity index (χ3n) is 5.63. The van der Waals surface area contributed by atoms with E-state index < -0.39 is 6.03 Å². The topological polar surface area (TPSA) is 65.4 Å². The molecule has 0 unspecified atom stereocenters. The van der Waals surface area contributed by atoms with E-state index in [0.29, 0.717) is 5.92 Å². The molecule has 1 saturated heterocycles. The Morgan fingerprint density at radius 1 is 1.11 bits per heavy atom. The number of carbonyl (C=O) groups excluding carboxylic acids is 1. The van der Waals surface area contributed by atoms with Crippen molar-refractivity contribution < 1.29 is 4.79 Å². The van der Waals surface area contributed by atoms with Crippen LogP contribution in [0.15, 0.2) is 48.7 Å². The molecule has 1 fully saturated rings. The normalized spacial score (nSPS) is 15.9. The first kappa shape index (κ1) is 17.6. The number of piperidine rings is 1. The first-order valence-electron chi connectivity index (χ1n) is 9.49. The standard InChI is InChI=1S/C22H26N4O/c1-15-3-5-17(6-4-15)26(22(23)27)18-7-8-21-19(13-18)20(14-24-21)16-9-11-25(2)12-10-16/h3-8,13-14,16,24H,9-12H2,1-2H3,(H2,23,27). The van der Waals surface area contributed by atoms with Gasteiger partial charge in [-0.15, -0.1) is 0 Å². The summed E-state index contributed by atoms with van der Waals surface area (Å²) in [6.45, 7) is 4.26. The molecule has 0 bridgehead atoms. The van der Waals surface area contributed by atoms with Gasteiger partial charge >= 0.3 is 6.03 Å². The summed E-state index contributed by atoms with van der Waals surface area (Å²) >= 11 is 0. The zero-order valence-corrected chi connectivity index (χ0v) is 15.9. The van der Waals surface area contributed by atoms with E-state index in [2.05, 4.69) is 29.2 Å². The van der Waals surface area contributed by atoms with Gasteiger partial charge in [-0.1, -0.05) is 17.7 Å². The summed E-state index contributed by atoms with van der Waals surface area (Å²) in [5, 5.41) is 1.18. The van der Waals surface area contributed by atoms with Gasteiger partial charge in [0.2, 0.25) is 0 Å². The van der Waals surface area contributed by atoms with Crippen LogP contribution in [0.3, 0.4) is 0 Å². The average Bonchev–Trinajstić information content (AvgIpc) is 3.07. The number of fused-ring (bicyclic) bond motifs is 1. The van der Waals surface area contributed by atoms with Crippen molar-refractivity contribution >= 4 is 28.3 Å². The maximum absolute atomic E-state index is 12.2. The molecule has 0 aliphatic carbocycles. The smallest absolute Gasteiger partial charge is 0.323 e. The Morgan fingerprint density at radius 2 is 1.78 bits per heavy atom. The number of aromatic nitrogens is 1. The van der Waals surface area contributed by atoms with E-state index in [1.165, 1.54) is 10.9 Å². The van der Waals surface area contributed by atoms with Crippen molar-refractivity contribution in [2.75, 3.05) is 25.0 Å². The Labute approximate surface area is 159 Å². The number of hydrogen-bond donors (Lipinski definition) is 2.